The molecule has 6 atom stereocenters. The van der Waals surface area contributed by atoms with Crippen molar-refractivity contribution in [1.29, 1.82) is 0 Å². The van der Waals surface area contributed by atoms with Crippen molar-refractivity contribution in [3.8, 4) is 0 Å². The summed E-state index contributed by atoms with van der Waals surface area (Å²) in [6, 6.07) is -1.54. The van der Waals surface area contributed by atoms with Crippen molar-refractivity contribution >= 4 is 24.1 Å². The number of amides is 2. The van der Waals surface area contributed by atoms with E-state index in [-0.39, 0.29) is 39.1 Å². The third-order valence-electron chi connectivity index (χ3n) is 7.40. The molecule has 3 saturated carbocycles. The summed E-state index contributed by atoms with van der Waals surface area (Å²) in [7, 11) is 0. The Morgan fingerprint density at radius 2 is 1.18 bits per heavy atom. The van der Waals surface area contributed by atoms with E-state index in [0.717, 1.165) is 0 Å². The number of carbonyl (C=O) groups excluding carboxylic acids is 2. The number of carboxylic acids is 2. The fourth-order valence-electron chi connectivity index (χ4n) is 6.42. The smallest absolute Gasteiger partial charge is 0.410 e. The normalized spacial score (nSPS) is 39.8. The van der Waals surface area contributed by atoms with Gasteiger partial charge >= 0.3 is 24.1 Å². The minimum atomic E-state index is -1.28. The predicted octanol–water partition coefficient (Wildman–Crippen LogP) is 0.850. The van der Waals surface area contributed by atoms with Crippen LogP contribution in [0.4, 0.5) is 9.59 Å². The first-order chi connectivity index (χ1) is 13.3. The van der Waals surface area contributed by atoms with E-state index in [1.54, 1.807) is 13.8 Å². The molecule has 3 aliphatic carbocycles. The quantitative estimate of drug-likeness (QED) is 0.714. The Bertz CT molecular complexity index is 694. The molecule has 4 saturated heterocycles. The van der Waals surface area contributed by atoms with Gasteiger partial charge in [0.2, 0.25) is 0 Å². The maximum absolute atomic E-state index is 12.5. The van der Waals surface area contributed by atoms with Crippen LogP contribution in [0.1, 0.15) is 26.7 Å². The molecule has 0 aromatic carbocycles. The Hall–Kier alpha value is -2.52. The second-order valence-corrected chi connectivity index (χ2v) is 8.05. The van der Waals surface area contributed by atoms with Crippen LogP contribution in [0.2, 0.25) is 0 Å². The van der Waals surface area contributed by atoms with Crippen LogP contribution in [-0.2, 0) is 19.1 Å². The third-order valence-corrected chi connectivity index (χ3v) is 7.40. The minimum Gasteiger partial charge on any atom is -0.481 e. The minimum absolute atomic E-state index is 0.00478. The lowest BCUT2D eigenvalue weighted by Crippen LogP contribution is -2.86. The fourth-order valence-corrected chi connectivity index (χ4v) is 6.42. The van der Waals surface area contributed by atoms with Gasteiger partial charge in [0, 0.05) is 24.9 Å². The average molecular weight is 396 g/mol. The van der Waals surface area contributed by atoms with Gasteiger partial charge in [-0.1, -0.05) is 0 Å². The van der Waals surface area contributed by atoms with E-state index < -0.39 is 58.9 Å². The fraction of sp³-hybridized carbons (Fsp3) is 0.778. The standard InChI is InChI=1S/C18H24N2O8/c1-3-27-15(25)19-7-9-10-8-20(16(26)28-4-2)12-6-17(10,13(21)22)11(19)5-18(9,12)14(23)24/h9-12H,3-8H2,1-2H3,(H,21,22)(H,23,24)/t9-,10-,11-,12+,17+,18+/m1/s1. The van der Waals surface area contributed by atoms with Crippen LogP contribution < -0.4 is 0 Å². The van der Waals surface area contributed by atoms with Crippen molar-refractivity contribution in [1.82, 2.24) is 9.80 Å². The summed E-state index contributed by atoms with van der Waals surface area (Å²) in [6.45, 7) is 3.89. The van der Waals surface area contributed by atoms with Gasteiger partial charge < -0.3 is 29.5 Å². The predicted molar refractivity (Wildman–Crippen MR) is 91.4 cm³/mol. The zero-order valence-corrected chi connectivity index (χ0v) is 15.8. The van der Waals surface area contributed by atoms with Gasteiger partial charge in [-0.25, -0.2) is 9.59 Å². The van der Waals surface area contributed by atoms with Crippen LogP contribution >= 0.6 is 0 Å². The highest BCUT2D eigenvalue weighted by Crippen LogP contribution is 2.70. The van der Waals surface area contributed by atoms with Crippen molar-refractivity contribution in [2.24, 2.45) is 22.7 Å². The Morgan fingerprint density at radius 3 is 1.46 bits per heavy atom. The molecule has 0 radical (unpaired) electrons. The molecule has 10 nitrogen and oxygen atoms in total. The molecule has 7 rings (SSSR count). The number of nitrogens with zero attached hydrogens (tertiary/aromatic N) is 2. The molecule has 2 amide bonds. The highest BCUT2D eigenvalue weighted by Gasteiger charge is 2.81. The van der Waals surface area contributed by atoms with E-state index in [1.807, 2.05) is 0 Å². The summed E-state index contributed by atoms with van der Waals surface area (Å²) in [6.07, 6.45) is -1.23. The lowest BCUT2D eigenvalue weighted by molar-refractivity contribution is -0.276. The number of carbonyl (C=O) groups is 4. The monoisotopic (exact) mass is 396 g/mol. The van der Waals surface area contributed by atoms with Crippen LogP contribution in [0.5, 0.6) is 0 Å². The van der Waals surface area contributed by atoms with Crippen molar-refractivity contribution in [2.45, 2.75) is 38.8 Å². The van der Waals surface area contributed by atoms with Crippen LogP contribution in [0, 0.1) is 22.7 Å². The van der Waals surface area contributed by atoms with Crippen molar-refractivity contribution in [3.05, 3.63) is 0 Å². The summed E-state index contributed by atoms with van der Waals surface area (Å²) in [5, 5.41) is 20.4. The summed E-state index contributed by atoms with van der Waals surface area (Å²) in [5.74, 6) is -3.21. The molecular weight excluding hydrogens is 372 g/mol. The van der Waals surface area contributed by atoms with Gasteiger partial charge in [-0.2, -0.15) is 0 Å². The summed E-state index contributed by atoms with van der Waals surface area (Å²) in [4.78, 5) is 52.6. The van der Waals surface area contributed by atoms with Crippen LogP contribution in [0.15, 0.2) is 0 Å². The van der Waals surface area contributed by atoms with Gasteiger partial charge in [-0.3, -0.25) is 9.59 Å². The van der Waals surface area contributed by atoms with Crippen LogP contribution in [-0.4, -0.2) is 82.5 Å². The number of piperidine rings is 4. The molecule has 4 aliphatic heterocycles. The lowest BCUT2D eigenvalue weighted by atomic mass is 9.36. The Balaban J connectivity index is 1.80. The summed E-state index contributed by atoms with van der Waals surface area (Å²) < 4.78 is 10.2. The molecule has 6 bridgehead atoms. The second-order valence-electron chi connectivity index (χ2n) is 8.05. The summed E-state index contributed by atoms with van der Waals surface area (Å²) in [5.41, 5.74) is -2.55. The second kappa shape index (κ2) is 5.99. The molecule has 0 unspecified atom stereocenters. The first-order valence-corrected chi connectivity index (χ1v) is 9.59. The molecule has 7 fully saturated rings. The number of aliphatic carboxylic acids is 2. The summed E-state index contributed by atoms with van der Waals surface area (Å²) >= 11 is 0. The van der Waals surface area contributed by atoms with Crippen LogP contribution in [0.3, 0.4) is 0 Å². The molecular formula is C18H24N2O8. The number of hydrogen-bond acceptors (Lipinski definition) is 6. The topological polar surface area (TPSA) is 134 Å². The average Bonchev–Trinajstić information content (AvgIpc) is 2.67. The molecule has 0 aromatic heterocycles. The molecule has 28 heavy (non-hydrogen) atoms. The third kappa shape index (κ3) is 1.98. The molecule has 7 aliphatic rings. The molecule has 0 spiro atoms. The van der Waals surface area contributed by atoms with E-state index in [2.05, 4.69) is 0 Å². The molecule has 154 valence electrons. The van der Waals surface area contributed by atoms with E-state index in [1.165, 1.54) is 9.80 Å². The maximum Gasteiger partial charge on any atom is 0.410 e. The largest absolute Gasteiger partial charge is 0.481 e. The van der Waals surface area contributed by atoms with Gasteiger partial charge in [0.15, 0.2) is 0 Å². The van der Waals surface area contributed by atoms with Gasteiger partial charge in [-0.15, -0.1) is 0 Å². The number of rotatable bonds is 4. The number of hydrogen-bond donors (Lipinski definition) is 2. The maximum atomic E-state index is 12.5. The van der Waals surface area contributed by atoms with E-state index in [0.29, 0.717) is 0 Å². The van der Waals surface area contributed by atoms with Gasteiger partial charge in [0.25, 0.3) is 0 Å². The van der Waals surface area contributed by atoms with Crippen molar-refractivity contribution < 1.29 is 38.9 Å². The van der Waals surface area contributed by atoms with E-state index in [4.69, 9.17) is 9.47 Å². The van der Waals surface area contributed by atoms with Crippen molar-refractivity contribution in [3.63, 3.8) is 0 Å². The zero-order chi connectivity index (χ0) is 20.4. The van der Waals surface area contributed by atoms with Gasteiger partial charge in [-0.05, 0) is 26.7 Å². The number of carboxylic acid groups (broad SMARTS) is 2. The Kier molecular flexibility index (Phi) is 4.03. The molecule has 0 aromatic rings. The Morgan fingerprint density at radius 1 is 0.821 bits per heavy atom. The first kappa shape index (κ1) is 18.8. The highest BCUT2D eigenvalue weighted by atomic mass is 16.6. The molecule has 4 heterocycles. The number of fused-ring (bicyclic) bond motifs is 2. The Labute approximate surface area is 161 Å². The van der Waals surface area contributed by atoms with Crippen LogP contribution in [0.25, 0.3) is 0 Å². The van der Waals surface area contributed by atoms with Gasteiger partial charge in [0.1, 0.15) is 0 Å². The SMILES string of the molecule is CCOC(=O)N1C[C@@H]2[C@H]3CN(C(=O)OCC)[C@@H]4C[C@@]3(C(=O)O)[C@@H]1C[C@]24C(=O)O. The first-order valence-electron chi connectivity index (χ1n) is 9.59. The highest BCUT2D eigenvalue weighted by molar-refractivity contribution is 5.87. The zero-order valence-electron chi connectivity index (χ0n) is 15.8. The van der Waals surface area contributed by atoms with Gasteiger partial charge in [0.05, 0.1) is 36.1 Å². The van der Waals surface area contributed by atoms with E-state index in [9.17, 15) is 29.4 Å². The molecule has 2 N–H and O–H groups in total. The number of ether oxygens (including phenoxy) is 2. The molecule has 10 heteroatoms. The van der Waals surface area contributed by atoms with Crippen molar-refractivity contribution in [2.75, 3.05) is 26.3 Å². The lowest BCUT2D eigenvalue weighted by Gasteiger charge is -2.75. The van der Waals surface area contributed by atoms with E-state index >= 15 is 0 Å².